The van der Waals surface area contributed by atoms with E-state index in [1.807, 2.05) is 45.0 Å². The summed E-state index contributed by atoms with van der Waals surface area (Å²) in [5.41, 5.74) is 1.75. The smallest absolute Gasteiger partial charge is 0.312 e. The van der Waals surface area contributed by atoms with Gasteiger partial charge in [-0.05, 0) is 57.9 Å². The number of hydrogen-bond donors (Lipinski definition) is 1. The van der Waals surface area contributed by atoms with Gasteiger partial charge in [-0.2, -0.15) is 0 Å². The van der Waals surface area contributed by atoms with Gasteiger partial charge in [0.2, 0.25) is 0 Å². The Kier molecular flexibility index (Phi) is 10.4. The van der Waals surface area contributed by atoms with Gasteiger partial charge >= 0.3 is 5.97 Å². The van der Waals surface area contributed by atoms with Crippen LogP contribution in [-0.2, 0) is 30.3 Å². The molecule has 0 radical (unpaired) electrons. The Bertz CT molecular complexity index is 771. The number of carbonyl (C=O) groups excluding carboxylic acids is 1. The maximum absolute atomic E-state index is 12.0. The van der Waals surface area contributed by atoms with Crippen LogP contribution in [0.3, 0.4) is 0 Å². The van der Waals surface area contributed by atoms with Gasteiger partial charge in [-0.25, -0.2) is 0 Å². The van der Waals surface area contributed by atoms with Crippen molar-refractivity contribution in [2.24, 2.45) is 17.8 Å². The Morgan fingerprint density at radius 3 is 2.55 bits per heavy atom. The molecule has 0 bridgehead atoms. The molecule has 1 fully saturated rings. The predicted molar refractivity (Wildman–Crippen MR) is 126 cm³/mol. The standard InChI is InChI=1S/C26H40O7/c1-8-31-25(28)18(3)13-17(2)23(27)22-16-32-26(5,6)33-24(22)19(4)14-30-15-20-9-11-21(29-7)12-10-20/h9-13,18-19,22-24,27H,8,14-16H2,1-7H3/b17-13-/t18-,19-,22-,23-,24-/m1/s1. The van der Waals surface area contributed by atoms with E-state index in [0.717, 1.165) is 11.3 Å². The quantitative estimate of drug-likeness (QED) is 0.390. The van der Waals surface area contributed by atoms with Crippen LogP contribution in [0.1, 0.15) is 47.1 Å². The third kappa shape index (κ3) is 8.10. The lowest BCUT2D eigenvalue weighted by Crippen LogP contribution is -2.53. The molecule has 1 heterocycles. The molecule has 1 aromatic rings. The molecule has 1 aliphatic rings. The van der Waals surface area contributed by atoms with Crippen LogP contribution in [0.25, 0.3) is 0 Å². The molecule has 0 unspecified atom stereocenters. The van der Waals surface area contributed by atoms with Gasteiger partial charge in [0.25, 0.3) is 0 Å². The maximum Gasteiger partial charge on any atom is 0.312 e. The van der Waals surface area contributed by atoms with E-state index >= 15 is 0 Å². The molecule has 7 nitrogen and oxygen atoms in total. The molecule has 1 aromatic carbocycles. The second-order valence-corrected chi connectivity index (χ2v) is 9.19. The van der Waals surface area contributed by atoms with Crippen molar-refractivity contribution in [3.8, 4) is 5.75 Å². The zero-order valence-electron chi connectivity index (χ0n) is 21.0. The molecular formula is C26H40O7. The van der Waals surface area contributed by atoms with Gasteiger partial charge in [0.05, 0.1) is 51.7 Å². The molecule has 0 saturated carbocycles. The fourth-order valence-corrected chi connectivity index (χ4v) is 4.00. The minimum absolute atomic E-state index is 0.0151. The third-order valence-corrected chi connectivity index (χ3v) is 5.88. The highest BCUT2D eigenvalue weighted by Crippen LogP contribution is 2.34. The highest BCUT2D eigenvalue weighted by Gasteiger charge is 2.43. The molecule has 1 N–H and O–H groups in total. The van der Waals surface area contributed by atoms with Crippen molar-refractivity contribution < 1.29 is 33.6 Å². The minimum atomic E-state index is -0.813. The first-order chi connectivity index (χ1) is 15.6. The SMILES string of the molecule is CCOC(=O)[C@H](C)/C=C(/C)[C@@H](O)[C@H]1COC(C)(C)O[C@@H]1[C@H](C)COCc1ccc(OC)cc1. The third-order valence-electron chi connectivity index (χ3n) is 5.88. The average Bonchev–Trinajstić information content (AvgIpc) is 2.78. The zero-order chi connectivity index (χ0) is 24.6. The van der Waals surface area contributed by atoms with E-state index in [2.05, 4.69) is 6.92 Å². The number of ether oxygens (including phenoxy) is 5. The van der Waals surface area contributed by atoms with Crippen LogP contribution in [-0.4, -0.2) is 56.0 Å². The Morgan fingerprint density at radius 2 is 1.94 bits per heavy atom. The molecule has 1 aliphatic heterocycles. The number of carbonyl (C=O) groups is 1. The number of aliphatic hydroxyl groups is 1. The van der Waals surface area contributed by atoms with Crippen LogP contribution >= 0.6 is 0 Å². The Labute approximate surface area is 198 Å². The second kappa shape index (κ2) is 12.5. The molecule has 0 aliphatic carbocycles. The fourth-order valence-electron chi connectivity index (χ4n) is 4.00. The summed E-state index contributed by atoms with van der Waals surface area (Å²) in [7, 11) is 1.64. The van der Waals surface area contributed by atoms with Gasteiger partial charge in [-0.1, -0.05) is 25.1 Å². The molecule has 0 aromatic heterocycles. The van der Waals surface area contributed by atoms with E-state index in [9.17, 15) is 9.90 Å². The molecule has 1 saturated heterocycles. The largest absolute Gasteiger partial charge is 0.497 e. The van der Waals surface area contributed by atoms with E-state index in [-0.39, 0.29) is 23.9 Å². The van der Waals surface area contributed by atoms with Crippen LogP contribution in [0.2, 0.25) is 0 Å². The van der Waals surface area contributed by atoms with Crippen LogP contribution in [0.5, 0.6) is 5.75 Å². The Balaban J connectivity index is 2.04. The predicted octanol–water partition coefficient (Wildman–Crippen LogP) is 4.12. The molecule has 0 amide bonds. The molecular weight excluding hydrogens is 424 g/mol. The van der Waals surface area contributed by atoms with Gasteiger partial charge in [0, 0.05) is 11.8 Å². The molecule has 7 heteroatoms. The van der Waals surface area contributed by atoms with Crippen LogP contribution in [0.15, 0.2) is 35.9 Å². The normalized spacial score (nSPS) is 23.5. The molecule has 5 atom stereocenters. The number of rotatable bonds is 11. The molecule has 0 spiro atoms. The maximum atomic E-state index is 12.0. The van der Waals surface area contributed by atoms with Crippen molar-refractivity contribution in [1.82, 2.24) is 0 Å². The molecule has 33 heavy (non-hydrogen) atoms. The van der Waals surface area contributed by atoms with Gasteiger partial charge in [0.1, 0.15) is 5.75 Å². The summed E-state index contributed by atoms with van der Waals surface area (Å²) in [5.74, 6) is -0.962. The van der Waals surface area contributed by atoms with Gasteiger partial charge in [-0.15, -0.1) is 0 Å². The summed E-state index contributed by atoms with van der Waals surface area (Å²) in [5, 5.41) is 11.1. The van der Waals surface area contributed by atoms with Gasteiger partial charge < -0.3 is 28.8 Å². The lowest BCUT2D eigenvalue weighted by molar-refractivity contribution is -0.311. The van der Waals surface area contributed by atoms with Crippen LogP contribution in [0, 0.1) is 17.8 Å². The highest BCUT2D eigenvalue weighted by atomic mass is 16.7. The van der Waals surface area contributed by atoms with Crippen LogP contribution in [0.4, 0.5) is 0 Å². The summed E-state index contributed by atoms with van der Waals surface area (Å²) < 4.78 is 28.3. The van der Waals surface area contributed by atoms with Gasteiger partial charge in [0.15, 0.2) is 5.79 Å². The summed E-state index contributed by atoms with van der Waals surface area (Å²) in [6.45, 7) is 12.8. The Morgan fingerprint density at radius 1 is 1.27 bits per heavy atom. The first kappa shape index (κ1) is 27.3. The first-order valence-electron chi connectivity index (χ1n) is 11.6. The summed E-state index contributed by atoms with van der Waals surface area (Å²) in [4.78, 5) is 12.0. The number of aliphatic hydroxyl groups excluding tert-OH is 1. The van der Waals surface area contributed by atoms with Gasteiger partial charge in [-0.3, -0.25) is 4.79 Å². The van der Waals surface area contributed by atoms with E-state index in [4.69, 9.17) is 23.7 Å². The average molecular weight is 465 g/mol. The van der Waals surface area contributed by atoms with Crippen molar-refractivity contribution >= 4 is 5.97 Å². The first-order valence-corrected chi connectivity index (χ1v) is 11.6. The minimum Gasteiger partial charge on any atom is -0.497 e. The Hall–Kier alpha value is -1.93. The van der Waals surface area contributed by atoms with E-state index in [0.29, 0.717) is 32.0 Å². The fraction of sp³-hybridized carbons (Fsp3) is 0.654. The van der Waals surface area contributed by atoms with Crippen molar-refractivity contribution in [2.45, 2.75) is 66.1 Å². The van der Waals surface area contributed by atoms with E-state index in [1.165, 1.54) is 0 Å². The number of methoxy groups -OCH3 is 1. The number of benzene rings is 1. The van der Waals surface area contributed by atoms with E-state index in [1.54, 1.807) is 27.0 Å². The summed E-state index contributed by atoms with van der Waals surface area (Å²) >= 11 is 0. The lowest BCUT2D eigenvalue weighted by atomic mass is 9.84. The number of hydrogen-bond acceptors (Lipinski definition) is 7. The molecule has 2 rings (SSSR count). The van der Waals surface area contributed by atoms with Crippen molar-refractivity contribution in [1.29, 1.82) is 0 Å². The van der Waals surface area contributed by atoms with Crippen molar-refractivity contribution in [3.63, 3.8) is 0 Å². The zero-order valence-corrected chi connectivity index (χ0v) is 21.0. The number of esters is 1. The monoisotopic (exact) mass is 464 g/mol. The van der Waals surface area contributed by atoms with Crippen molar-refractivity contribution in [2.75, 3.05) is 26.9 Å². The van der Waals surface area contributed by atoms with Crippen LogP contribution < -0.4 is 4.74 Å². The molecule has 186 valence electrons. The highest BCUT2D eigenvalue weighted by molar-refractivity contribution is 5.74. The topological polar surface area (TPSA) is 83.5 Å². The second-order valence-electron chi connectivity index (χ2n) is 9.19. The lowest BCUT2D eigenvalue weighted by Gasteiger charge is -2.45. The van der Waals surface area contributed by atoms with Crippen molar-refractivity contribution in [3.05, 3.63) is 41.5 Å². The summed E-state index contributed by atoms with van der Waals surface area (Å²) in [6.07, 6.45) is 0.664. The summed E-state index contributed by atoms with van der Waals surface area (Å²) in [6, 6.07) is 7.77. The van der Waals surface area contributed by atoms with E-state index < -0.39 is 17.8 Å².